The van der Waals surface area contributed by atoms with Crippen molar-refractivity contribution in [3.8, 4) is 5.75 Å². The van der Waals surface area contributed by atoms with E-state index in [0.29, 0.717) is 18.6 Å². The minimum absolute atomic E-state index is 0.0279. The first-order valence-corrected chi connectivity index (χ1v) is 11.4. The first-order valence-electron chi connectivity index (χ1n) is 11.4. The van der Waals surface area contributed by atoms with Crippen LogP contribution in [-0.2, 0) is 14.9 Å². The van der Waals surface area contributed by atoms with Gasteiger partial charge in [0.15, 0.2) is 0 Å². The number of unbranched alkanes of at least 4 members (excludes halogenated alkanes) is 3. The fourth-order valence-electron chi connectivity index (χ4n) is 4.76. The highest BCUT2D eigenvalue weighted by molar-refractivity contribution is 5.69. The molecule has 0 unspecified atom stereocenters. The molecule has 164 valence electrons. The highest BCUT2D eigenvalue weighted by Crippen LogP contribution is 2.44. The summed E-state index contributed by atoms with van der Waals surface area (Å²) >= 11 is 0. The molecule has 0 radical (unpaired) electrons. The number of ether oxygens (including phenoxy) is 1. The lowest BCUT2D eigenvalue weighted by Crippen LogP contribution is -2.27. The third kappa shape index (κ3) is 6.74. The van der Waals surface area contributed by atoms with Gasteiger partial charge in [-0.05, 0) is 66.5 Å². The number of aliphatic hydroxyl groups excluding tert-OH is 1. The van der Waals surface area contributed by atoms with E-state index in [1.807, 2.05) is 12.1 Å². The van der Waals surface area contributed by atoms with Crippen molar-refractivity contribution < 1.29 is 19.7 Å². The molecule has 4 heteroatoms. The van der Waals surface area contributed by atoms with E-state index < -0.39 is 0 Å². The average Bonchev–Trinajstić information content (AvgIpc) is 2.70. The van der Waals surface area contributed by atoms with Gasteiger partial charge >= 0.3 is 5.97 Å². The molecule has 0 heterocycles. The smallest absolute Gasteiger partial charge is 0.305 e. The highest BCUT2D eigenvalue weighted by atomic mass is 16.5. The van der Waals surface area contributed by atoms with E-state index in [4.69, 9.17) is 4.74 Å². The molecule has 4 nitrogen and oxygen atoms in total. The zero-order valence-corrected chi connectivity index (χ0v) is 18.7. The van der Waals surface area contributed by atoms with Crippen LogP contribution in [0.3, 0.4) is 0 Å². The molecule has 0 aliphatic heterocycles. The molecule has 3 atom stereocenters. The van der Waals surface area contributed by atoms with Gasteiger partial charge in [-0.2, -0.15) is 0 Å². The number of aromatic hydroxyl groups is 1. The average molecular weight is 405 g/mol. The van der Waals surface area contributed by atoms with Crippen LogP contribution in [0.2, 0.25) is 0 Å². The van der Waals surface area contributed by atoms with Crippen molar-refractivity contribution in [3.63, 3.8) is 0 Å². The van der Waals surface area contributed by atoms with E-state index in [1.54, 1.807) is 0 Å². The van der Waals surface area contributed by atoms with Gasteiger partial charge in [0.05, 0.1) is 13.2 Å². The number of esters is 1. The Morgan fingerprint density at radius 1 is 1.21 bits per heavy atom. The van der Waals surface area contributed by atoms with Gasteiger partial charge in [-0.15, -0.1) is 0 Å². The molecule has 2 rings (SSSR count). The molecule has 1 aromatic rings. The molecule has 0 bridgehead atoms. The number of hydrogen-bond donors (Lipinski definition) is 2. The van der Waals surface area contributed by atoms with Crippen molar-refractivity contribution in [1.29, 1.82) is 0 Å². The van der Waals surface area contributed by atoms with Gasteiger partial charge in [0, 0.05) is 6.42 Å². The summed E-state index contributed by atoms with van der Waals surface area (Å²) < 4.78 is 4.79. The normalized spacial score (nSPS) is 22.4. The standard InChI is InChI=1S/C25H40O4/c1-5-6-7-8-15-25(2,3)19-11-13-21(23(27)16-19)22-17-20(26)12-9-18(22)10-14-24(28)29-4/h11,13,16,18,20,22,26-27H,5-10,12,14-15,17H2,1-4H3/t18-,20+,22+/m0/s1. The quantitative estimate of drug-likeness (QED) is 0.380. The summed E-state index contributed by atoms with van der Waals surface area (Å²) in [5.74, 6) is 0.479. The van der Waals surface area contributed by atoms with Crippen LogP contribution < -0.4 is 0 Å². The van der Waals surface area contributed by atoms with Crippen LogP contribution in [0.25, 0.3) is 0 Å². The van der Waals surface area contributed by atoms with Crippen molar-refractivity contribution >= 4 is 5.97 Å². The number of benzene rings is 1. The van der Waals surface area contributed by atoms with Crippen LogP contribution in [0.1, 0.15) is 102 Å². The van der Waals surface area contributed by atoms with Crippen molar-refractivity contribution in [3.05, 3.63) is 29.3 Å². The summed E-state index contributed by atoms with van der Waals surface area (Å²) in [6, 6.07) is 6.12. The molecule has 2 N–H and O–H groups in total. The van der Waals surface area contributed by atoms with Crippen molar-refractivity contribution in [2.45, 2.75) is 102 Å². The molecular formula is C25H40O4. The maximum atomic E-state index is 11.6. The number of aliphatic hydroxyl groups is 1. The molecule has 1 saturated carbocycles. The molecule has 1 aromatic carbocycles. The Hall–Kier alpha value is -1.55. The lowest BCUT2D eigenvalue weighted by atomic mass is 9.71. The van der Waals surface area contributed by atoms with E-state index in [0.717, 1.165) is 36.8 Å². The highest BCUT2D eigenvalue weighted by Gasteiger charge is 2.33. The molecule has 1 fully saturated rings. The van der Waals surface area contributed by atoms with Crippen LogP contribution in [0.5, 0.6) is 5.75 Å². The fourth-order valence-corrected chi connectivity index (χ4v) is 4.76. The maximum absolute atomic E-state index is 11.6. The molecule has 0 spiro atoms. The van der Waals surface area contributed by atoms with Gasteiger partial charge in [-0.1, -0.05) is 58.6 Å². The third-order valence-corrected chi connectivity index (χ3v) is 6.78. The minimum atomic E-state index is -0.344. The molecule has 1 aliphatic rings. The molecule has 29 heavy (non-hydrogen) atoms. The van der Waals surface area contributed by atoms with E-state index in [-0.39, 0.29) is 29.3 Å². The van der Waals surface area contributed by atoms with Gasteiger partial charge in [0.25, 0.3) is 0 Å². The second-order valence-electron chi connectivity index (χ2n) is 9.42. The number of phenols is 1. The Labute approximate surface area is 176 Å². The van der Waals surface area contributed by atoms with Crippen molar-refractivity contribution in [1.82, 2.24) is 0 Å². The Morgan fingerprint density at radius 2 is 1.97 bits per heavy atom. The number of carbonyl (C=O) groups excluding carboxylic acids is 1. The summed E-state index contributed by atoms with van der Waals surface area (Å²) in [6.07, 6.45) is 9.11. The molecule has 1 aliphatic carbocycles. The van der Waals surface area contributed by atoms with E-state index in [9.17, 15) is 15.0 Å². The number of methoxy groups -OCH3 is 1. The van der Waals surface area contributed by atoms with Crippen LogP contribution in [-0.4, -0.2) is 29.4 Å². The zero-order chi connectivity index (χ0) is 21.4. The summed E-state index contributed by atoms with van der Waals surface area (Å²) in [5.41, 5.74) is 2.10. The molecular weight excluding hydrogens is 364 g/mol. The van der Waals surface area contributed by atoms with Gasteiger partial charge in [0.1, 0.15) is 5.75 Å². The third-order valence-electron chi connectivity index (χ3n) is 6.78. The topological polar surface area (TPSA) is 66.8 Å². The van der Waals surface area contributed by atoms with Crippen LogP contribution in [0.15, 0.2) is 18.2 Å². The molecule has 0 saturated heterocycles. The van der Waals surface area contributed by atoms with Crippen molar-refractivity contribution in [2.24, 2.45) is 5.92 Å². The molecule has 0 amide bonds. The Bertz CT molecular complexity index is 652. The van der Waals surface area contributed by atoms with Gasteiger partial charge in [-0.25, -0.2) is 0 Å². The maximum Gasteiger partial charge on any atom is 0.305 e. The summed E-state index contributed by atoms with van der Waals surface area (Å²) in [5, 5.41) is 21.1. The predicted molar refractivity (Wildman–Crippen MR) is 117 cm³/mol. The lowest BCUT2D eigenvalue weighted by Gasteiger charge is -2.35. The summed E-state index contributed by atoms with van der Waals surface area (Å²) in [7, 11) is 1.42. The van der Waals surface area contributed by atoms with Crippen LogP contribution >= 0.6 is 0 Å². The van der Waals surface area contributed by atoms with Crippen molar-refractivity contribution in [2.75, 3.05) is 7.11 Å². The second-order valence-corrected chi connectivity index (χ2v) is 9.42. The minimum Gasteiger partial charge on any atom is -0.508 e. The zero-order valence-electron chi connectivity index (χ0n) is 18.7. The Balaban J connectivity index is 2.14. The summed E-state index contributed by atoms with van der Waals surface area (Å²) in [6.45, 7) is 6.72. The second kappa shape index (κ2) is 11.0. The lowest BCUT2D eigenvalue weighted by molar-refractivity contribution is -0.141. The van der Waals surface area contributed by atoms with Gasteiger partial charge in [0.2, 0.25) is 0 Å². The number of phenolic OH excluding ortho intramolecular Hbond substituents is 1. The van der Waals surface area contributed by atoms with E-state index in [1.165, 1.54) is 32.8 Å². The van der Waals surface area contributed by atoms with Gasteiger partial charge in [-0.3, -0.25) is 4.79 Å². The summed E-state index contributed by atoms with van der Waals surface area (Å²) in [4.78, 5) is 11.6. The van der Waals surface area contributed by atoms with E-state index >= 15 is 0 Å². The number of hydrogen-bond acceptors (Lipinski definition) is 4. The fraction of sp³-hybridized carbons (Fsp3) is 0.720. The number of rotatable bonds is 10. The monoisotopic (exact) mass is 404 g/mol. The van der Waals surface area contributed by atoms with E-state index in [2.05, 4.69) is 26.8 Å². The van der Waals surface area contributed by atoms with Gasteiger partial charge < -0.3 is 14.9 Å². The predicted octanol–water partition coefficient (Wildman–Crippen LogP) is 5.84. The Kier molecular flexibility index (Phi) is 9.01. The first kappa shape index (κ1) is 23.7. The van der Waals surface area contributed by atoms with Crippen LogP contribution in [0, 0.1) is 5.92 Å². The largest absolute Gasteiger partial charge is 0.508 e. The molecule has 0 aromatic heterocycles. The number of carbonyl (C=O) groups is 1. The van der Waals surface area contributed by atoms with Crippen LogP contribution in [0.4, 0.5) is 0 Å². The Morgan fingerprint density at radius 3 is 2.62 bits per heavy atom. The first-order chi connectivity index (χ1) is 13.8. The SMILES string of the molecule is CCCCCCC(C)(C)c1ccc([C@@H]2C[C@H](O)CC[C@H]2CCC(=O)OC)c(O)c1.